The molecule has 0 atom stereocenters. The van der Waals surface area contributed by atoms with Gasteiger partial charge in [-0.1, -0.05) is 6.92 Å². The zero-order chi connectivity index (χ0) is 10.8. The van der Waals surface area contributed by atoms with Crippen LogP contribution in [0.25, 0.3) is 11.0 Å². The third-order valence-corrected chi connectivity index (χ3v) is 2.44. The first-order valence-corrected chi connectivity index (χ1v) is 5.25. The lowest BCUT2D eigenvalue weighted by atomic mass is 10.2. The number of aryl methyl sites for hydroxylation is 2. The second kappa shape index (κ2) is 3.88. The van der Waals surface area contributed by atoms with Gasteiger partial charge in [0.05, 0.1) is 17.6 Å². The largest absolute Gasteiger partial charge is 0.384 e. The Hall–Kier alpha value is -1.58. The summed E-state index contributed by atoms with van der Waals surface area (Å²) in [6.07, 6.45) is 2.98. The summed E-state index contributed by atoms with van der Waals surface area (Å²) in [6.45, 7) is 5.13. The zero-order valence-corrected chi connectivity index (χ0v) is 9.41. The second-order valence-corrected chi connectivity index (χ2v) is 3.73. The van der Waals surface area contributed by atoms with Crippen LogP contribution in [0.15, 0.2) is 12.3 Å². The molecule has 15 heavy (non-hydrogen) atoms. The van der Waals surface area contributed by atoms with Crippen LogP contribution in [0.3, 0.4) is 0 Å². The lowest BCUT2D eigenvalue weighted by Gasteiger charge is -2.03. The predicted octanol–water partition coefficient (Wildman–Crippen LogP) is 2.10. The Labute approximate surface area is 89.3 Å². The van der Waals surface area contributed by atoms with E-state index >= 15 is 0 Å². The van der Waals surface area contributed by atoms with Crippen LogP contribution in [0.1, 0.15) is 19.0 Å². The Morgan fingerprint density at radius 3 is 3.00 bits per heavy atom. The van der Waals surface area contributed by atoms with Crippen LogP contribution < -0.4 is 5.32 Å². The summed E-state index contributed by atoms with van der Waals surface area (Å²) in [5.41, 5.74) is 3.04. The van der Waals surface area contributed by atoms with Crippen LogP contribution in [0.4, 0.5) is 5.69 Å². The number of hydrogen-bond donors (Lipinski definition) is 1. The number of rotatable bonds is 3. The fourth-order valence-corrected chi connectivity index (χ4v) is 1.67. The van der Waals surface area contributed by atoms with Crippen molar-refractivity contribution >= 4 is 16.7 Å². The Kier molecular flexibility index (Phi) is 2.58. The minimum atomic E-state index is 0.939. The third kappa shape index (κ3) is 1.79. The summed E-state index contributed by atoms with van der Waals surface area (Å²) < 4.78 is 1.81. The Balaban J connectivity index is 2.41. The normalized spacial score (nSPS) is 10.9. The van der Waals surface area contributed by atoms with E-state index < -0.39 is 0 Å². The lowest BCUT2D eigenvalue weighted by molar-refractivity contribution is 0.774. The summed E-state index contributed by atoms with van der Waals surface area (Å²) in [4.78, 5) is 4.39. The van der Waals surface area contributed by atoms with Crippen LogP contribution in [0, 0.1) is 6.92 Å². The van der Waals surface area contributed by atoms with E-state index in [1.165, 1.54) is 0 Å². The van der Waals surface area contributed by atoms with E-state index in [0.29, 0.717) is 0 Å². The second-order valence-electron chi connectivity index (χ2n) is 3.73. The molecule has 1 N–H and O–H groups in total. The highest BCUT2D eigenvalue weighted by Gasteiger charge is 2.06. The van der Waals surface area contributed by atoms with E-state index in [1.54, 1.807) is 0 Å². The number of aromatic nitrogens is 3. The van der Waals surface area contributed by atoms with Crippen LogP contribution in [0.2, 0.25) is 0 Å². The molecular weight excluding hydrogens is 188 g/mol. The molecule has 2 aromatic heterocycles. The first-order valence-electron chi connectivity index (χ1n) is 5.25. The van der Waals surface area contributed by atoms with Crippen molar-refractivity contribution in [3.05, 3.63) is 18.0 Å². The van der Waals surface area contributed by atoms with Crippen molar-refractivity contribution in [3.63, 3.8) is 0 Å². The molecule has 2 heterocycles. The van der Waals surface area contributed by atoms with Gasteiger partial charge >= 0.3 is 0 Å². The highest BCUT2D eigenvalue weighted by molar-refractivity contribution is 5.81. The van der Waals surface area contributed by atoms with E-state index in [1.807, 2.05) is 24.9 Å². The quantitative estimate of drug-likeness (QED) is 0.832. The molecule has 0 bridgehead atoms. The average Bonchev–Trinajstić information content (AvgIpc) is 2.52. The van der Waals surface area contributed by atoms with Crippen LogP contribution in [-0.2, 0) is 7.05 Å². The molecule has 0 fully saturated rings. The Morgan fingerprint density at radius 1 is 1.47 bits per heavy atom. The molecule has 80 valence electrons. The maximum atomic E-state index is 4.39. The van der Waals surface area contributed by atoms with Gasteiger partial charge in [-0.25, -0.2) is 4.98 Å². The first-order chi connectivity index (χ1) is 7.22. The number of nitrogens with one attached hydrogen (secondary N) is 1. The van der Waals surface area contributed by atoms with Gasteiger partial charge in [0.15, 0.2) is 5.65 Å². The number of anilines is 1. The molecule has 0 amide bonds. The minimum Gasteiger partial charge on any atom is -0.384 e. The highest BCUT2D eigenvalue weighted by Crippen LogP contribution is 2.18. The summed E-state index contributed by atoms with van der Waals surface area (Å²) in [5.74, 6) is 0. The molecule has 2 aromatic rings. The molecule has 0 aliphatic rings. The van der Waals surface area contributed by atoms with E-state index in [9.17, 15) is 0 Å². The summed E-state index contributed by atoms with van der Waals surface area (Å²) >= 11 is 0. The molecular formula is C11H16N4. The number of fused-ring (bicyclic) bond motifs is 1. The van der Waals surface area contributed by atoms with E-state index in [4.69, 9.17) is 0 Å². The van der Waals surface area contributed by atoms with Crippen molar-refractivity contribution in [2.24, 2.45) is 7.05 Å². The van der Waals surface area contributed by atoms with Crippen LogP contribution >= 0.6 is 0 Å². The molecule has 4 nitrogen and oxygen atoms in total. The van der Waals surface area contributed by atoms with Gasteiger partial charge < -0.3 is 5.32 Å². The summed E-state index contributed by atoms with van der Waals surface area (Å²) in [6, 6.07) is 2.11. The minimum absolute atomic E-state index is 0.939. The van der Waals surface area contributed by atoms with Gasteiger partial charge in [0.25, 0.3) is 0 Å². The van der Waals surface area contributed by atoms with Gasteiger partial charge in [0.1, 0.15) is 0 Å². The molecule has 0 aliphatic carbocycles. The lowest BCUT2D eigenvalue weighted by Crippen LogP contribution is -2.00. The maximum Gasteiger partial charge on any atom is 0.157 e. The summed E-state index contributed by atoms with van der Waals surface area (Å²) in [7, 11) is 1.92. The Bertz CT molecular complexity index is 473. The first kappa shape index (κ1) is 9.96. The molecule has 0 aliphatic heterocycles. The predicted molar refractivity (Wildman–Crippen MR) is 62.0 cm³/mol. The Morgan fingerprint density at radius 2 is 2.27 bits per heavy atom. The molecule has 0 saturated carbocycles. The van der Waals surface area contributed by atoms with E-state index in [2.05, 4.69) is 28.4 Å². The van der Waals surface area contributed by atoms with Gasteiger partial charge in [-0.15, -0.1) is 0 Å². The molecule has 4 heteroatoms. The van der Waals surface area contributed by atoms with Crippen molar-refractivity contribution in [3.8, 4) is 0 Å². The molecule has 0 spiro atoms. The van der Waals surface area contributed by atoms with Gasteiger partial charge in [0.2, 0.25) is 0 Å². The molecule has 0 aromatic carbocycles. The molecule has 0 unspecified atom stereocenters. The fourth-order valence-electron chi connectivity index (χ4n) is 1.67. The fraction of sp³-hybridized carbons (Fsp3) is 0.455. The van der Waals surface area contributed by atoms with E-state index in [-0.39, 0.29) is 0 Å². The van der Waals surface area contributed by atoms with Crippen LogP contribution in [0.5, 0.6) is 0 Å². The smallest absolute Gasteiger partial charge is 0.157 e. The monoisotopic (exact) mass is 204 g/mol. The number of hydrogen-bond acceptors (Lipinski definition) is 3. The standard InChI is InChI=1S/C11H16N4/c1-4-5-12-9-6-10-8(2)14-15(3)11(10)13-7-9/h6-7,12H,4-5H2,1-3H3. The average molecular weight is 204 g/mol. The van der Waals surface area contributed by atoms with Gasteiger partial charge in [-0.2, -0.15) is 5.10 Å². The maximum absolute atomic E-state index is 4.39. The topological polar surface area (TPSA) is 42.7 Å². The molecule has 0 radical (unpaired) electrons. The van der Waals surface area contributed by atoms with Crippen molar-refractivity contribution in [1.29, 1.82) is 0 Å². The third-order valence-electron chi connectivity index (χ3n) is 2.44. The molecule has 0 saturated heterocycles. The van der Waals surface area contributed by atoms with Gasteiger partial charge in [0, 0.05) is 19.0 Å². The zero-order valence-electron chi connectivity index (χ0n) is 9.41. The SMILES string of the molecule is CCCNc1cnc2c(c1)c(C)nn2C. The number of pyridine rings is 1. The summed E-state index contributed by atoms with van der Waals surface area (Å²) in [5, 5.41) is 8.79. The van der Waals surface area contributed by atoms with Crippen molar-refractivity contribution in [2.75, 3.05) is 11.9 Å². The van der Waals surface area contributed by atoms with Gasteiger partial charge in [-0.05, 0) is 19.4 Å². The van der Waals surface area contributed by atoms with Crippen LogP contribution in [-0.4, -0.2) is 21.3 Å². The van der Waals surface area contributed by atoms with Crippen molar-refractivity contribution in [2.45, 2.75) is 20.3 Å². The van der Waals surface area contributed by atoms with Crippen molar-refractivity contribution in [1.82, 2.24) is 14.8 Å². The highest BCUT2D eigenvalue weighted by atomic mass is 15.3. The van der Waals surface area contributed by atoms with Crippen molar-refractivity contribution < 1.29 is 0 Å². The van der Waals surface area contributed by atoms with E-state index in [0.717, 1.165) is 35.4 Å². The number of nitrogens with zero attached hydrogens (tertiary/aromatic N) is 3. The van der Waals surface area contributed by atoms with Gasteiger partial charge in [-0.3, -0.25) is 4.68 Å². The molecule has 2 rings (SSSR count).